The second kappa shape index (κ2) is 59.3. The van der Waals surface area contributed by atoms with Gasteiger partial charge in [0.2, 0.25) is 0 Å². The number of carbonyl (C=O) groups is 2. The lowest BCUT2D eigenvalue weighted by atomic mass is 9.82. The van der Waals surface area contributed by atoms with Crippen LogP contribution in [0.4, 0.5) is 0 Å². The molecule has 0 N–H and O–H groups in total. The van der Waals surface area contributed by atoms with Crippen LogP contribution >= 0.6 is 0 Å². The van der Waals surface area contributed by atoms with Crippen molar-refractivity contribution in [2.75, 3.05) is 41.1 Å². The Morgan fingerprint density at radius 3 is 0.858 bits per heavy atom. The summed E-state index contributed by atoms with van der Waals surface area (Å²) in [4.78, 5) is 38.8. The van der Waals surface area contributed by atoms with Crippen LogP contribution in [0.25, 0.3) is 0 Å². The summed E-state index contributed by atoms with van der Waals surface area (Å²) < 4.78 is 14.4. The maximum atomic E-state index is 11.6. The van der Waals surface area contributed by atoms with E-state index in [1.54, 1.807) is 0 Å². The number of hydrogen-bond acceptors (Lipinski definition) is 4. The van der Waals surface area contributed by atoms with Gasteiger partial charge in [-0.2, -0.15) is 0 Å². The first-order chi connectivity index (χ1) is 67.8. The number of halogens is 2. The van der Waals surface area contributed by atoms with E-state index in [-0.39, 0.29) is 65.4 Å². The van der Waals surface area contributed by atoms with Crippen molar-refractivity contribution in [3.05, 3.63) is 418 Å². The number of hydrogen-bond donors (Lipinski definition) is 0. The van der Waals surface area contributed by atoms with Crippen LogP contribution in [-0.2, 0) is 91.2 Å². The summed E-state index contributed by atoms with van der Waals surface area (Å²) in [5, 5.41) is 0. The molecule has 2 heterocycles. The zero-order valence-electron chi connectivity index (χ0n) is 87.1. The number of ketones is 2. The molecule has 14 aromatic rings. The van der Waals surface area contributed by atoms with Gasteiger partial charge in [0.15, 0.2) is 89.0 Å². The van der Waals surface area contributed by atoms with Crippen LogP contribution in [0.1, 0.15) is 229 Å². The third-order valence-corrected chi connectivity index (χ3v) is 40.0. The highest BCUT2D eigenvalue weighted by Gasteiger charge is 2.36. The van der Waals surface area contributed by atoms with Crippen molar-refractivity contribution in [2.45, 2.75) is 288 Å². The molecule has 1 aliphatic carbocycles. The average molecular weight is 2220 g/mol. The topological polar surface area (TPSA) is 52.6 Å². The SMILES string of the molecule is CC(C)(C)C(=O)C[S+]1CCCC1.CC(C)(C)Oc1ccc([S+](c2ccccc2)c2ccccc2)cc1.CC(C)(C)c1ccc([IH+])cc1.CC(C)(C)c1ccc([S+](c2ccccc2)c2ccccc2)cc1.CCC(=O)C[S+]1CCCC1.CCC(C)(C)c1ccc([IH+])cc1.CCCCOc1ccc([S+](c2ccccc2)c2ccccc2)cc1.c1ccc([S+](c2ccccc2)c2ccc(C3CCCCC3)cc2)cc1. The van der Waals surface area contributed by atoms with E-state index in [2.05, 4.69) is 501 Å². The fourth-order valence-electron chi connectivity index (χ4n) is 16.0. The lowest BCUT2D eigenvalue weighted by molar-refractivity contribution is -0.328. The van der Waals surface area contributed by atoms with Crippen LogP contribution in [-0.4, -0.2) is 58.3 Å². The highest BCUT2D eigenvalue weighted by atomic mass is 127. The molecule has 3 fully saturated rings. The van der Waals surface area contributed by atoms with Crippen molar-refractivity contribution >= 4 is 76.9 Å². The van der Waals surface area contributed by atoms with Gasteiger partial charge >= 0.3 is 0 Å². The summed E-state index contributed by atoms with van der Waals surface area (Å²) in [6.45, 7) is 37.5. The molecule has 4 nitrogen and oxygen atoms in total. The normalized spacial score (nSPS) is 13.4. The van der Waals surface area contributed by atoms with Gasteiger partial charge in [-0.15, -0.1) is 0 Å². The van der Waals surface area contributed by atoms with E-state index in [0.29, 0.717) is 38.8 Å². The van der Waals surface area contributed by atoms with Crippen molar-refractivity contribution in [3.63, 3.8) is 0 Å². The first-order valence-electron chi connectivity index (χ1n) is 50.8. The summed E-state index contributed by atoms with van der Waals surface area (Å²) in [5.41, 5.74) is 6.28. The minimum atomic E-state index is -0.179. The summed E-state index contributed by atoms with van der Waals surface area (Å²) >= 11 is 4.11. The fraction of sp³-hybridized carbons (Fsp3) is 0.333. The van der Waals surface area contributed by atoms with Crippen LogP contribution < -0.4 is 54.7 Å². The van der Waals surface area contributed by atoms with Gasteiger partial charge in [-0.3, -0.25) is 9.59 Å². The lowest BCUT2D eigenvalue weighted by Crippen LogP contribution is -3.34. The monoisotopic (exact) mass is 2220 g/mol. The molecule has 17 rings (SSSR count). The number of Topliss-reactive ketones (excluding diaryl/α,β-unsaturated/α-hetero) is 2. The maximum Gasteiger partial charge on any atom is 0.296 e. The molecule has 740 valence electrons. The van der Waals surface area contributed by atoms with Gasteiger partial charge in [0, 0.05) is 11.8 Å². The van der Waals surface area contributed by atoms with E-state index in [9.17, 15) is 9.59 Å². The lowest BCUT2D eigenvalue weighted by Gasteiger charge is -2.22. The highest BCUT2D eigenvalue weighted by molar-refractivity contribution is 7.98. The van der Waals surface area contributed by atoms with E-state index in [0.717, 1.165) is 54.8 Å². The predicted molar refractivity (Wildman–Crippen MR) is 609 cm³/mol. The number of rotatable bonds is 25. The third-order valence-electron chi connectivity index (χ3n) is 24.7. The van der Waals surface area contributed by atoms with E-state index in [1.807, 2.05) is 50.3 Å². The Kier molecular flexibility index (Phi) is 48.1. The number of unbranched alkanes of at least 4 members (excludes halogenated alkanes) is 1. The van der Waals surface area contributed by atoms with Crippen LogP contribution in [0, 0.1) is 12.6 Å². The van der Waals surface area contributed by atoms with Gasteiger partial charge in [-0.1, -0.05) is 317 Å². The molecule has 1 saturated carbocycles. The zero-order chi connectivity index (χ0) is 101. The summed E-state index contributed by atoms with van der Waals surface area (Å²) in [6.07, 6.45) is 16.5. The third kappa shape index (κ3) is 39.5. The van der Waals surface area contributed by atoms with Crippen molar-refractivity contribution < 1.29 is 64.2 Å². The molecule has 3 aliphatic rings. The van der Waals surface area contributed by atoms with Crippen molar-refractivity contribution in [3.8, 4) is 11.5 Å². The number of benzene rings is 14. The fourth-order valence-corrected chi connectivity index (χ4v) is 30.0. The van der Waals surface area contributed by atoms with Gasteiger partial charge in [0.25, 0.3) is 45.2 Å². The minimum absolute atomic E-state index is 0.0278. The molecule has 2 saturated heterocycles. The maximum absolute atomic E-state index is 11.6. The quantitative estimate of drug-likeness (QED) is 0.0325. The molecule has 0 atom stereocenters. The van der Waals surface area contributed by atoms with Gasteiger partial charge in [0.1, 0.15) is 40.1 Å². The molecule has 2 aliphatic heterocycles. The van der Waals surface area contributed by atoms with Crippen molar-refractivity contribution in [1.82, 2.24) is 0 Å². The van der Waals surface area contributed by atoms with Crippen LogP contribution in [0.3, 0.4) is 0 Å². The zero-order valence-corrected chi connectivity index (χ0v) is 96.6. The minimum Gasteiger partial charge on any atom is -0.494 e. The summed E-state index contributed by atoms with van der Waals surface area (Å²) in [6, 6.07) is 140. The highest BCUT2D eigenvalue weighted by Crippen LogP contribution is 2.40. The van der Waals surface area contributed by atoms with Gasteiger partial charge in [0.05, 0.1) is 50.2 Å². The Morgan fingerprint density at radius 2 is 0.582 bits per heavy atom. The Bertz CT molecular complexity index is 5650. The number of carbonyl (C=O) groups excluding carboxylic acids is 2. The Hall–Kier alpha value is -8.42. The van der Waals surface area contributed by atoms with Crippen molar-refractivity contribution in [1.29, 1.82) is 0 Å². The van der Waals surface area contributed by atoms with Crippen LogP contribution in [0.15, 0.2) is 447 Å². The van der Waals surface area contributed by atoms with Crippen LogP contribution in [0.5, 0.6) is 11.5 Å². The molecule has 0 radical (unpaired) electrons. The molecule has 0 bridgehead atoms. The summed E-state index contributed by atoms with van der Waals surface area (Å²) in [7, 11) is 0.675. The Balaban J connectivity index is 0.000000170. The van der Waals surface area contributed by atoms with E-state index in [4.69, 9.17) is 9.47 Å². The summed E-state index contributed by atoms with van der Waals surface area (Å²) in [5.74, 6) is 10.6. The molecular formula is C129H158I2O4S6+8. The molecule has 12 heteroatoms. The second-order valence-corrected chi connectivity index (χ2v) is 56.1. The first-order valence-corrected chi connectivity index (χ1v) is 61.4. The first kappa shape index (κ1) is 115. The van der Waals surface area contributed by atoms with E-state index < -0.39 is 0 Å². The van der Waals surface area contributed by atoms with Gasteiger partial charge in [-0.05, 0) is 332 Å². The molecule has 0 amide bonds. The largest absolute Gasteiger partial charge is 0.494 e. The molecular weight excluding hydrogens is 2060 g/mol. The van der Waals surface area contributed by atoms with Crippen LogP contribution in [0.2, 0.25) is 0 Å². The van der Waals surface area contributed by atoms with E-state index in [1.165, 1.54) is 175 Å². The smallest absolute Gasteiger partial charge is 0.296 e. The van der Waals surface area contributed by atoms with Gasteiger partial charge < -0.3 is 9.47 Å². The second-order valence-electron chi connectivity index (χ2n) is 40.6. The van der Waals surface area contributed by atoms with Gasteiger partial charge in [-0.25, -0.2) is 0 Å². The molecule has 0 unspecified atom stereocenters. The average Bonchev–Trinajstić information content (AvgIpc) is 1.42. The number of ether oxygens (including phenoxy) is 2. The van der Waals surface area contributed by atoms with E-state index >= 15 is 0 Å². The molecule has 0 aromatic heterocycles. The Labute approximate surface area is 895 Å². The standard InChI is InChI=1S/C24H25S.2C22H23OS.C22H23S.C11H16I.C10H14I.C10H19OS.C8H15OS/c1-4-10-20(11-5-1)21-16-18-24(19-17-21)25(22-12-6-2-7-13-22)23-14-8-3-9-15-23;1-22(2,3)23-18-14-16-21(17-15-18)24(19-10-6-4-7-11-19)20-12-8-5-9-13-20;1-2-3-18-23-19-14-16-22(17-15-19)24(20-10-6-4-7-11-20)21-12-8-5-9-13-21;1-22(2,3)18-14-16-21(17-15-18)23(19-10-6-4-7-11-19)20-12-8-5-9-13-20;1-4-11(2,3)9-5-7-10(12)8-6-9;1-10(2,3)8-4-6-9(11)7-5-8;1-10(2,3)9(11)8-12-6-4-5-7-12;1-2-8(9)7-10-5-3-4-6-10/h2-3,6-9,12-20H,1,4-5,10-11H2;4-17H,1-3H3;4-17H,2-3,18H2,1H3;4-17H,1-3H3;5-8,12H,4H2,1-3H3;4-7,11H,1-3H3;4-8H2,1-3H3;2-7H2,1H3/q8*+1. The molecule has 141 heavy (non-hydrogen) atoms. The van der Waals surface area contributed by atoms with Crippen molar-refractivity contribution in [2.24, 2.45) is 5.41 Å². The molecule has 14 aromatic carbocycles. The Morgan fingerprint density at radius 1 is 0.312 bits per heavy atom. The molecule has 0 spiro atoms. The predicted octanol–water partition coefficient (Wildman–Crippen LogP) is 27.5.